The van der Waals surface area contributed by atoms with E-state index in [-0.39, 0.29) is 0 Å². The number of aromatic nitrogens is 1. The van der Waals surface area contributed by atoms with E-state index in [9.17, 15) is 5.26 Å². The average molecular weight is 368 g/mol. The number of thiazole rings is 1. The van der Waals surface area contributed by atoms with Crippen molar-refractivity contribution < 1.29 is 4.74 Å². The van der Waals surface area contributed by atoms with Crippen LogP contribution in [-0.2, 0) is 0 Å². The van der Waals surface area contributed by atoms with Gasteiger partial charge in [0.1, 0.15) is 22.4 Å². The van der Waals surface area contributed by atoms with Crippen LogP contribution in [0.15, 0.2) is 60.1 Å². The highest BCUT2D eigenvalue weighted by Gasteiger charge is 2.09. The standard InChI is InChI=1S/C19H14ClN3OS/c1-24-17-7-5-13(6-8-17)18-12-25-19(23-18)14(10-21)11-22-16-4-2-3-15(20)9-16/h2-9,11-12,22H,1H3/b14-11+. The molecular formula is C19H14ClN3OS. The van der Waals surface area contributed by atoms with Gasteiger partial charge in [0.25, 0.3) is 0 Å². The molecule has 0 amide bonds. The van der Waals surface area contributed by atoms with Crippen LogP contribution in [0.3, 0.4) is 0 Å². The van der Waals surface area contributed by atoms with E-state index >= 15 is 0 Å². The van der Waals surface area contributed by atoms with E-state index < -0.39 is 0 Å². The zero-order chi connectivity index (χ0) is 17.6. The molecule has 0 bridgehead atoms. The molecule has 0 saturated carbocycles. The minimum Gasteiger partial charge on any atom is -0.497 e. The molecule has 0 aliphatic carbocycles. The van der Waals surface area contributed by atoms with Crippen molar-refractivity contribution in [2.45, 2.75) is 0 Å². The van der Waals surface area contributed by atoms with E-state index in [4.69, 9.17) is 16.3 Å². The lowest BCUT2D eigenvalue weighted by molar-refractivity contribution is 0.415. The van der Waals surface area contributed by atoms with Gasteiger partial charge in [0.15, 0.2) is 0 Å². The number of rotatable bonds is 5. The lowest BCUT2D eigenvalue weighted by Crippen LogP contribution is -1.91. The second kappa shape index (κ2) is 7.84. The number of benzene rings is 2. The molecule has 0 atom stereocenters. The molecule has 1 heterocycles. The molecule has 6 heteroatoms. The zero-order valence-electron chi connectivity index (χ0n) is 13.4. The molecule has 0 radical (unpaired) electrons. The summed E-state index contributed by atoms with van der Waals surface area (Å²) in [7, 11) is 1.63. The van der Waals surface area contributed by atoms with Gasteiger partial charge in [-0.05, 0) is 42.5 Å². The summed E-state index contributed by atoms with van der Waals surface area (Å²) in [6.45, 7) is 0. The fourth-order valence-electron chi connectivity index (χ4n) is 2.17. The number of hydrogen-bond donors (Lipinski definition) is 1. The molecule has 124 valence electrons. The maximum absolute atomic E-state index is 9.43. The fraction of sp³-hybridized carbons (Fsp3) is 0.0526. The molecule has 3 aromatic rings. The Labute approximate surface area is 155 Å². The number of hydrogen-bond acceptors (Lipinski definition) is 5. The summed E-state index contributed by atoms with van der Waals surface area (Å²) in [5.74, 6) is 0.794. The number of anilines is 1. The Morgan fingerprint density at radius 3 is 2.76 bits per heavy atom. The van der Waals surface area contributed by atoms with Crippen molar-refractivity contribution in [3.63, 3.8) is 0 Å². The Bertz CT molecular complexity index is 942. The van der Waals surface area contributed by atoms with Crippen molar-refractivity contribution in [2.24, 2.45) is 0 Å². The first-order valence-electron chi connectivity index (χ1n) is 7.42. The van der Waals surface area contributed by atoms with Crippen molar-refractivity contribution in [3.05, 3.63) is 70.1 Å². The molecule has 4 nitrogen and oxygen atoms in total. The van der Waals surface area contributed by atoms with Gasteiger partial charge in [0.2, 0.25) is 0 Å². The first-order valence-corrected chi connectivity index (χ1v) is 8.68. The number of methoxy groups -OCH3 is 1. The van der Waals surface area contributed by atoms with Gasteiger partial charge in [0.05, 0.1) is 12.8 Å². The van der Waals surface area contributed by atoms with Gasteiger partial charge in [-0.3, -0.25) is 0 Å². The normalized spacial score (nSPS) is 11.0. The molecule has 0 saturated heterocycles. The largest absolute Gasteiger partial charge is 0.497 e. The van der Waals surface area contributed by atoms with E-state index in [1.54, 1.807) is 25.4 Å². The van der Waals surface area contributed by atoms with Crippen LogP contribution in [0.5, 0.6) is 5.75 Å². The van der Waals surface area contributed by atoms with E-state index in [1.807, 2.05) is 41.8 Å². The van der Waals surface area contributed by atoms with Crippen LogP contribution in [0.4, 0.5) is 5.69 Å². The van der Waals surface area contributed by atoms with E-state index in [0.717, 1.165) is 22.7 Å². The average Bonchev–Trinajstić information content (AvgIpc) is 3.12. The lowest BCUT2D eigenvalue weighted by atomic mass is 10.2. The quantitative estimate of drug-likeness (QED) is 0.609. The number of halogens is 1. The molecule has 0 unspecified atom stereocenters. The number of nitrogens with one attached hydrogen (secondary N) is 1. The van der Waals surface area contributed by atoms with Crippen molar-refractivity contribution in [1.82, 2.24) is 4.98 Å². The minimum absolute atomic E-state index is 0.463. The van der Waals surface area contributed by atoms with Gasteiger partial charge in [0, 0.05) is 27.9 Å². The van der Waals surface area contributed by atoms with Crippen molar-refractivity contribution in [1.29, 1.82) is 5.26 Å². The molecule has 0 aliphatic heterocycles. The molecule has 1 N–H and O–H groups in total. The van der Waals surface area contributed by atoms with Crippen molar-refractivity contribution in [3.8, 4) is 23.1 Å². The Morgan fingerprint density at radius 1 is 1.28 bits per heavy atom. The second-order valence-corrected chi connectivity index (χ2v) is 6.39. The summed E-state index contributed by atoms with van der Waals surface area (Å²) in [6.07, 6.45) is 1.64. The van der Waals surface area contributed by atoms with E-state index in [0.29, 0.717) is 15.6 Å². The molecular weight excluding hydrogens is 354 g/mol. The zero-order valence-corrected chi connectivity index (χ0v) is 14.9. The Morgan fingerprint density at radius 2 is 2.08 bits per heavy atom. The monoisotopic (exact) mass is 367 g/mol. The summed E-state index contributed by atoms with van der Waals surface area (Å²) < 4.78 is 5.16. The van der Waals surface area contributed by atoms with Gasteiger partial charge in [-0.2, -0.15) is 5.26 Å². The van der Waals surface area contributed by atoms with E-state index in [2.05, 4.69) is 16.4 Å². The van der Waals surface area contributed by atoms with Crippen LogP contribution >= 0.6 is 22.9 Å². The summed E-state index contributed by atoms with van der Waals surface area (Å²) in [6, 6.07) is 17.1. The molecule has 3 rings (SSSR count). The molecule has 25 heavy (non-hydrogen) atoms. The summed E-state index contributed by atoms with van der Waals surface area (Å²) in [5.41, 5.74) is 3.08. The third-order valence-corrected chi connectivity index (χ3v) is 4.56. The maximum atomic E-state index is 9.43. The molecule has 2 aromatic carbocycles. The Hall–Kier alpha value is -2.81. The van der Waals surface area contributed by atoms with Gasteiger partial charge in [-0.15, -0.1) is 11.3 Å². The number of allylic oxidation sites excluding steroid dienone is 1. The van der Waals surface area contributed by atoms with Crippen LogP contribution in [0.2, 0.25) is 5.02 Å². The highest BCUT2D eigenvalue weighted by Crippen LogP contribution is 2.27. The smallest absolute Gasteiger partial charge is 0.136 e. The SMILES string of the molecule is COc1ccc(-c2csc(/C(C#N)=C/Nc3cccc(Cl)c3)n2)cc1. The van der Waals surface area contributed by atoms with Crippen LogP contribution in [0.1, 0.15) is 5.01 Å². The highest BCUT2D eigenvalue weighted by atomic mass is 35.5. The fourth-order valence-corrected chi connectivity index (χ4v) is 3.15. The number of nitriles is 1. The van der Waals surface area contributed by atoms with Crippen LogP contribution in [0.25, 0.3) is 16.8 Å². The first-order chi connectivity index (χ1) is 12.2. The van der Waals surface area contributed by atoms with Crippen LogP contribution < -0.4 is 10.1 Å². The number of nitrogens with zero attached hydrogens (tertiary/aromatic N) is 2. The minimum atomic E-state index is 0.463. The molecule has 1 aromatic heterocycles. The lowest BCUT2D eigenvalue weighted by Gasteiger charge is -2.02. The maximum Gasteiger partial charge on any atom is 0.136 e. The number of ether oxygens (including phenoxy) is 1. The predicted molar refractivity (Wildman–Crippen MR) is 103 cm³/mol. The summed E-state index contributed by atoms with van der Waals surface area (Å²) in [5, 5.41) is 15.7. The van der Waals surface area contributed by atoms with Gasteiger partial charge in [-0.25, -0.2) is 4.98 Å². The van der Waals surface area contributed by atoms with Crippen molar-refractivity contribution >= 4 is 34.2 Å². The second-order valence-electron chi connectivity index (χ2n) is 5.09. The highest BCUT2D eigenvalue weighted by molar-refractivity contribution is 7.11. The third kappa shape index (κ3) is 4.18. The van der Waals surface area contributed by atoms with E-state index in [1.165, 1.54) is 11.3 Å². The molecule has 0 spiro atoms. The molecule has 0 aliphatic rings. The predicted octanol–water partition coefficient (Wildman–Crippen LogP) is 5.45. The van der Waals surface area contributed by atoms with Gasteiger partial charge >= 0.3 is 0 Å². The van der Waals surface area contributed by atoms with Crippen LogP contribution in [-0.4, -0.2) is 12.1 Å². The Balaban J connectivity index is 1.81. The van der Waals surface area contributed by atoms with Gasteiger partial charge < -0.3 is 10.1 Å². The first kappa shape index (κ1) is 17.0. The Kier molecular flexibility index (Phi) is 5.34. The summed E-state index contributed by atoms with van der Waals surface area (Å²) in [4.78, 5) is 4.56. The van der Waals surface area contributed by atoms with Crippen molar-refractivity contribution in [2.75, 3.05) is 12.4 Å². The summed E-state index contributed by atoms with van der Waals surface area (Å²) >= 11 is 7.38. The van der Waals surface area contributed by atoms with Gasteiger partial charge in [-0.1, -0.05) is 17.7 Å². The van der Waals surface area contributed by atoms with Crippen LogP contribution in [0, 0.1) is 11.3 Å². The molecule has 0 fully saturated rings. The topological polar surface area (TPSA) is 57.9 Å². The third-order valence-electron chi connectivity index (χ3n) is 3.45.